The van der Waals surface area contributed by atoms with Crippen LogP contribution in [0.15, 0.2) is 58.7 Å². The highest BCUT2D eigenvalue weighted by molar-refractivity contribution is 8.14. The largest absolute Gasteiger partial charge is 0.454 e. The molecule has 32 heavy (non-hydrogen) atoms. The molecule has 0 spiro atoms. The van der Waals surface area contributed by atoms with E-state index in [0.717, 1.165) is 21.7 Å². The van der Waals surface area contributed by atoms with E-state index in [0.29, 0.717) is 16.6 Å². The smallest absolute Gasteiger partial charge is 0.326 e. The van der Waals surface area contributed by atoms with Crippen molar-refractivity contribution in [3.63, 3.8) is 0 Å². The molecule has 9 nitrogen and oxygen atoms in total. The van der Waals surface area contributed by atoms with Crippen LogP contribution in [0.1, 0.15) is 21.5 Å². The van der Waals surface area contributed by atoms with Gasteiger partial charge in [0, 0.05) is 5.75 Å². The molecule has 0 aromatic heterocycles. The standard InChI is InChI=1S/C22H18N4O5S/c1-13-6-8-14(9-7-13)16-12-32-22(25-24-16)23-18(27)11-31-19(28)10-26-17-5-3-2-4-15(17)20(29)21(26)30/h2-9H,10-12H2,1H3,(H,23,25,27). The second-order valence-corrected chi connectivity index (χ2v) is 8.02. The Morgan fingerprint density at radius 2 is 1.84 bits per heavy atom. The zero-order chi connectivity index (χ0) is 22.7. The Kier molecular flexibility index (Phi) is 6.13. The Morgan fingerprint density at radius 1 is 1.09 bits per heavy atom. The molecular formula is C22H18N4O5S. The lowest BCUT2D eigenvalue weighted by atomic mass is 10.1. The monoisotopic (exact) mass is 450 g/mol. The van der Waals surface area contributed by atoms with E-state index in [9.17, 15) is 19.2 Å². The van der Waals surface area contributed by atoms with Crippen LogP contribution in [0, 0.1) is 6.92 Å². The first-order valence-corrected chi connectivity index (χ1v) is 10.7. The summed E-state index contributed by atoms with van der Waals surface area (Å²) in [5, 5.41) is 11.0. The average molecular weight is 450 g/mol. The Balaban J connectivity index is 1.28. The number of nitrogens with one attached hydrogen (secondary N) is 1. The molecule has 0 fully saturated rings. The lowest BCUT2D eigenvalue weighted by molar-refractivity contribution is -0.147. The van der Waals surface area contributed by atoms with Crippen molar-refractivity contribution in [3.05, 3.63) is 65.2 Å². The van der Waals surface area contributed by atoms with Crippen molar-refractivity contribution in [2.45, 2.75) is 6.92 Å². The van der Waals surface area contributed by atoms with Crippen LogP contribution >= 0.6 is 11.8 Å². The predicted octanol–water partition coefficient (Wildman–Crippen LogP) is 1.69. The third-order valence-corrected chi connectivity index (χ3v) is 5.64. The van der Waals surface area contributed by atoms with Crippen LogP contribution in [0.5, 0.6) is 0 Å². The van der Waals surface area contributed by atoms with E-state index < -0.39 is 36.7 Å². The van der Waals surface area contributed by atoms with E-state index in [1.807, 2.05) is 31.2 Å². The highest BCUT2D eigenvalue weighted by atomic mass is 32.2. The van der Waals surface area contributed by atoms with Crippen molar-refractivity contribution < 1.29 is 23.9 Å². The maximum atomic E-state index is 12.1. The minimum absolute atomic E-state index is 0.237. The van der Waals surface area contributed by atoms with Crippen molar-refractivity contribution in [2.75, 3.05) is 23.8 Å². The van der Waals surface area contributed by atoms with Gasteiger partial charge in [-0.2, -0.15) is 5.10 Å². The molecule has 2 aromatic rings. The maximum absolute atomic E-state index is 12.1. The summed E-state index contributed by atoms with van der Waals surface area (Å²) < 4.78 is 4.95. The van der Waals surface area contributed by atoms with Crippen LogP contribution in [0.2, 0.25) is 0 Å². The first-order valence-electron chi connectivity index (χ1n) is 9.67. The number of ether oxygens (including phenoxy) is 1. The second-order valence-electron chi connectivity index (χ2n) is 7.05. The van der Waals surface area contributed by atoms with E-state index in [2.05, 4.69) is 15.5 Å². The molecular weight excluding hydrogens is 432 g/mol. The second kappa shape index (κ2) is 9.15. The Labute approximate surface area is 187 Å². The lowest BCUT2D eigenvalue weighted by Crippen LogP contribution is -2.38. The van der Waals surface area contributed by atoms with E-state index in [-0.39, 0.29) is 5.56 Å². The zero-order valence-electron chi connectivity index (χ0n) is 17.0. The molecule has 2 aliphatic heterocycles. The molecule has 0 saturated heterocycles. The molecule has 0 saturated carbocycles. The van der Waals surface area contributed by atoms with Crippen LogP contribution in [0.4, 0.5) is 5.69 Å². The number of Topliss-reactive ketones (excluding diaryl/α,β-unsaturated/α-hetero) is 1. The number of para-hydroxylation sites is 1. The van der Waals surface area contributed by atoms with Gasteiger partial charge in [0.25, 0.3) is 17.6 Å². The van der Waals surface area contributed by atoms with E-state index >= 15 is 0 Å². The quantitative estimate of drug-likeness (QED) is 0.547. The first-order chi connectivity index (χ1) is 15.4. The molecule has 1 N–H and O–H groups in total. The van der Waals surface area contributed by atoms with Gasteiger partial charge in [0.05, 0.1) is 17.0 Å². The number of esters is 1. The lowest BCUT2D eigenvalue weighted by Gasteiger charge is -2.16. The van der Waals surface area contributed by atoms with E-state index in [1.165, 1.54) is 17.8 Å². The van der Waals surface area contributed by atoms with Crippen LogP contribution < -0.4 is 10.2 Å². The van der Waals surface area contributed by atoms with Gasteiger partial charge in [-0.05, 0) is 24.6 Å². The Hall–Kier alpha value is -3.79. The summed E-state index contributed by atoms with van der Waals surface area (Å²) >= 11 is 1.31. The van der Waals surface area contributed by atoms with Crippen molar-refractivity contribution in [2.24, 2.45) is 10.2 Å². The van der Waals surface area contributed by atoms with Crippen LogP contribution in [0.25, 0.3) is 0 Å². The number of nitrogens with zero attached hydrogens (tertiary/aromatic N) is 3. The minimum Gasteiger partial charge on any atom is -0.454 e. The number of ketones is 1. The van der Waals surface area contributed by atoms with E-state index in [4.69, 9.17) is 4.74 Å². The molecule has 0 radical (unpaired) electrons. The summed E-state index contributed by atoms with van der Waals surface area (Å²) in [5.41, 5.74) is 3.49. The first kappa shape index (κ1) is 21.4. The number of thioether (sulfide) groups is 1. The van der Waals surface area contributed by atoms with Gasteiger partial charge in [0.2, 0.25) is 0 Å². The van der Waals surface area contributed by atoms with Gasteiger partial charge >= 0.3 is 5.97 Å². The molecule has 0 atom stereocenters. The number of aryl methyl sites for hydroxylation is 1. The summed E-state index contributed by atoms with van der Waals surface area (Å²) in [5.74, 6) is -2.34. The Bertz CT molecular complexity index is 1170. The number of amides is 2. The summed E-state index contributed by atoms with van der Waals surface area (Å²) in [4.78, 5) is 49.3. The van der Waals surface area contributed by atoms with Crippen molar-refractivity contribution in [1.29, 1.82) is 0 Å². The fourth-order valence-electron chi connectivity index (χ4n) is 3.13. The number of carbonyl (C=O) groups is 4. The van der Waals surface area contributed by atoms with Gasteiger partial charge in [-0.15, -0.1) is 5.10 Å². The fourth-order valence-corrected chi connectivity index (χ4v) is 3.91. The number of anilines is 1. The van der Waals surface area contributed by atoms with Gasteiger partial charge < -0.3 is 10.1 Å². The molecule has 2 aromatic carbocycles. The summed E-state index contributed by atoms with van der Waals surface area (Å²) in [6, 6.07) is 14.3. The number of amidine groups is 1. The average Bonchev–Trinajstić information content (AvgIpc) is 3.04. The van der Waals surface area contributed by atoms with Gasteiger partial charge in [-0.25, -0.2) is 0 Å². The molecule has 162 valence electrons. The van der Waals surface area contributed by atoms with Crippen molar-refractivity contribution >= 4 is 51.9 Å². The number of fused-ring (bicyclic) bond motifs is 1. The SMILES string of the molecule is Cc1ccc(C2=NN=C(NC(=O)COC(=O)CN3C(=O)C(=O)c4ccccc43)SC2)cc1. The summed E-state index contributed by atoms with van der Waals surface area (Å²) in [6.07, 6.45) is 0. The molecule has 0 unspecified atom stereocenters. The van der Waals surface area contributed by atoms with Crippen LogP contribution in [-0.4, -0.2) is 53.4 Å². The normalized spacial score (nSPS) is 15.1. The number of benzene rings is 2. The number of hydrogen-bond donors (Lipinski definition) is 1. The fraction of sp³-hybridized carbons (Fsp3) is 0.182. The van der Waals surface area contributed by atoms with Gasteiger partial charge in [-0.1, -0.05) is 53.7 Å². The molecule has 0 aliphatic carbocycles. The summed E-state index contributed by atoms with van der Waals surface area (Å²) in [7, 11) is 0. The van der Waals surface area contributed by atoms with Gasteiger partial charge in [-0.3, -0.25) is 24.1 Å². The predicted molar refractivity (Wildman–Crippen MR) is 120 cm³/mol. The third-order valence-electron chi connectivity index (χ3n) is 4.77. The number of hydrogen-bond acceptors (Lipinski definition) is 8. The number of carbonyl (C=O) groups excluding carboxylic acids is 4. The van der Waals surface area contributed by atoms with E-state index in [1.54, 1.807) is 18.2 Å². The third kappa shape index (κ3) is 4.59. The topological polar surface area (TPSA) is 118 Å². The zero-order valence-corrected chi connectivity index (χ0v) is 17.8. The van der Waals surface area contributed by atoms with Crippen molar-refractivity contribution in [1.82, 2.24) is 5.32 Å². The van der Waals surface area contributed by atoms with Crippen molar-refractivity contribution in [3.8, 4) is 0 Å². The highest BCUT2D eigenvalue weighted by Crippen LogP contribution is 2.28. The molecule has 4 rings (SSSR count). The Morgan fingerprint density at radius 3 is 2.56 bits per heavy atom. The van der Waals surface area contributed by atoms with Gasteiger partial charge in [0.15, 0.2) is 11.8 Å². The highest BCUT2D eigenvalue weighted by Gasteiger charge is 2.36. The molecule has 10 heteroatoms. The number of rotatable bonds is 5. The molecule has 2 aliphatic rings. The summed E-state index contributed by atoms with van der Waals surface area (Å²) in [6.45, 7) is 0.987. The molecule has 0 bridgehead atoms. The van der Waals surface area contributed by atoms with Crippen LogP contribution in [0.3, 0.4) is 0 Å². The van der Waals surface area contributed by atoms with Crippen LogP contribution in [-0.2, 0) is 19.1 Å². The minimum atomic E-state index is -0.809. The maximum Gasteiger partial charge on any atom is 0.326 e. The molecule has 2 amide bonds. The molecule has 2 heterocycles. The van der Waals surface area contributed by atoms with Gasteiger partial charge in [0.1, 0.15) is 6.54 Å².